The monoisotopic (exact) mass is 519 g/mol. The van der Waals surface area contributed by atoms with Crippen molar-refractivity contribution in [2.45, 2.75) is 69.4 Å². The highest BCUT2D eigenvalue weighted by atomic mass is 19.4. The number of aliphatic hydroxyl groups is 1. The van der Waals surface area contributed by atoms with Crippen LogP contribution in [-0.4, -0.2) is 48.4 Å². The number of halogens is 3. The third kappa shape index (κ3) is 5.43. The summed E-state index contributed by atoms with van der Waals surface area (Å²) in [6, 6.07) is 8.22. The lowest BCUT2D eigenvalue weighted by Gasteiger charge is -2.36. The Labute approximate surface area is 214 Å². The second-order valence-electron chi connectivity index (χ2n) is 10.6. The van der Waals surface area contributed by atoms with E-state index in [1.807, 2.05) is 17.0 Å². The summed E-state index contributed by atoms with van der Waals surface area (Å²) in [5, 5.41) is 10.2. The molecule has 0 aromatic heterocycles. The van der Waals surface area contributed by atoms with Crippen molar-refractivity contribution in [1.82, 2.24) is 4.90 Å². The number of fused-ring (bicyclic) bond motifs is 2. The van der Waals surface area contributed by atoms with Gasteiger partial charge in [-0.3, -0.25) is 9.69 Å². The first-order valence-corrected chi connectivity index (χ1v) is 12.7. The van der Waals surface area contributed by atoms with Crippen LogP contribution in [0, 0.1) is 0 Å². The first-order valence-electron chi connectivity index (χ1n) is 12.7. The lowest BCUT2D eigenvalue weighted by molar-refractivity contribution is -0.141. The fraction of sp³-hybridized carbons (Fsp3) is 0.536. The van der Waals surface area contributed by atoms with Gasteiger partial charge in [-0.2, -0.15) is 13.2 Å². The van der Waals surface area contributed by atoms with Crippen LogP contribution in [0.3, 0.4) is 0 Å². The van der Waals surface area contributed by atoms with Gasteiger partial charge in [0.2, 0.25) is 0 Å². The summed E-state index contributed by atoms with van der Waals surface area (Å²) in [7, 11) is 1.36. The van der Waals surface area contributed by atoms with Crippen molar-refractivity contribution in [2.75, 3.05) is 26.8 Å². The van der Waals surface area contributed by atoms with Gasteiger partial charge in [0.25, 0.3) is 0 Å². The number of hydrogen-bond donors (Lipinski definition) is 1. The van der Waals surface area contributed by atoms with Crippen LogP contribution in [0.15, 0.2) is 30.3 Å². The number of hydrogen-bond acceptors (Lipinski definition) is 6. The molecule has 2 aliphatic heterocycles. The summed E-state index contributed by atoms with van der Waals surface area (Å²) in [6.07, 6.45) is -2.40. The second kappa shape index (κ2) is 9.83. The molecule has 2 aromatic carbocycles. The molecule has 0 radical (unpaired) electrons. The Morgan fingerprint density at radius 2 is 1.92 bits per heavy atom. The molecule has 1 N–H and O–H groups in total. The van der Waals surface area contributed by atoms with Crippen LogP contribution in [0.2, 0.25) is 0 Å². The SMILES string of the molecule is COC(=O)C[C@@H]1COc2cc(O[C@@H]3CCc4c3ccc(C(F)(F)F)c4CN3CCC(C)(O)CC3)ccc21. The number of likely N-dealkylation sites (tertiary alicyclic amines) is 1. The largest absolute Gasteiger partial charge is 0.492 e. The number of esters is 1. The third-order valence-corrected chi connectivity index (χ3v) is 7.88. The van der Waals surface area contributed by atoms with Gasteiger partial charge >= 0.3 is 12.1 Å². The Bertz CT molecular complexity index is 1170. The molecule has 0 amide bonds. The van der Waals surface area contributed by atoms with Crippen molar-refractivity contribution in [2.24, 2.45) is 0 Å². The standard InChI is InChI=1S/C28H32F3NO5/c1-27(34)9-11-32(12-10-27)15-22-20-6-8-24(21(20)5-7-23(22)28(29,30)31)37-18-3-4-19-17(13-26(33)35-2)16-36-25(19)14-18/h3-5,7,14,17,24,34H,6,8-13,15-16H2,1-2H3/t17-,24-/m1/s1. The zero-order valence-corrected chi connectivity index (χ0v) is 21.1. The van der Waals surface area contributed by atoms with E-state index in [-0.39, 0.29) is 31.0 Å². The van der Waals surface area contributed by atoms with E-state index < -0.39 is 17.3 Å². The number of methoxy groups -OCH3 is 1. The van der Waals surface area contributed by atoms with Crippen molar-refractivity contribution in [1.29, 1.82) is 0 Å². The van der Waals surface area contributed by atoms with Crippen LogP contribution >= 0.6 is 0 Å². The number of carbonyl (C=O) groups excluding carboxylic acids is 1. The molecular formula is C28H32F3NO5. The molecule has 0 bridgehead atoms. The zero-order chi connectivity index (χ0) is 26.4. The molecule has 0 saturated carbocycles. The Morgan fingerprint density at radius 3 is 2.62 bits per heavy atom. The highest BCUT2D eigenvalue weighted by Gasteiger charge is 2.39. The van der Waals surface area contributed by atoms with Crippen molar-refractivity contribution in [3.05, 3.63) is 58.1 Å². The van der Waals surface area contributed by atoms with Crippen molar-refractivity contribution >= 4 is 5.97 Å². The molecule has 5 rings (SSSR count). The Hall–Kier alpha value is -2.78. The average molecular weight is 520 g/mol. The third-order valence-electron chi connectivity index (χ3n) is 7.88. The van der Waals surface area contributed by atoms with Crippen LogP contribution in [-0.2, 0) is 28.7 Å². The van der Waals surface area contributed by atoms with Crippen molar-refractivity contribution in [3.63, 3.8) is 0 Å². The quantitative estimate of drug-likeness (QED) is 0.532. The summed E-state index contributed by atoms with van der Waals surface area (Å²) in [5.41, 5.74) is 1.39. The molecule has 1 aliphatic carbocycles. The lowest BCUT2D eigenvalue weighted by atomic mass is 9.92. The van der Waals surface area contributed by atoms with Crippen molar-refractivity contribution < 1.29 is 37.3 Å². The van der Waals surface area contributed by atoms with E-state index in [4.69, 9.17) is 14.2 Å². The second-order valence-corrected chi connectivity index (χ2v) is 10.6. The molecule has 37 heavy (non-hydrogen) atoms. The minimum atomic E-state index is -4.44. The molecule has 1 fully saturated rings. The minimum absolute atomic E-state index is 0.0782. The number of piperidine rings is 1. The van der Waals surface area contributed by atoms with E-state index in [0.29, 0.717) is 68.0 Å². The smallest absolute Gasteiger partial charge is 0.416 e. The van der Waals surface area contributed by atoms with E-state index in [9.17, 15) is 23.1 Å². The number of rotatable bonds is 6. The van der Waals surface area contributed by atoms with Crippen LogP contribution in [0.25, 0.3) is 0 Å². The summed E-state index contributed by atoms with van der Waals surface area (Å²) in [5.74, 6) is 0.854. The van der Waals surface area contributed by atoms with Crippen LogP contribution in [0.5, 0.6) is 11.5 Å². The van der Waals surface area contributed by atoms with Gasteiger partial charge in [0.15, 0.2) is 0 Å². The number of ether oxygens (including phenoxy) is 3. The number of nitrogens with zero attached hydrogens (tertiary/aromatic N) is 1. The fourth-order valence-corrected chi connectivity index (χ4v) is 5.67. The van der Waals surface area contributed by atoms with Crippen LogP contribution < -0.4 is 9.47 Å². The average Bonchev–Trinajstić information content (AvgIpc) is 3.44. The highest BCUT2D eigenvalue weighted by molar-refractivity contribution is 5.71. The van der Waals surface area contributed by atoms with E-state index in [1.54, 1.807) is 19.1 Å². The molecule has 3 aliphatic rings. The first-order chi connectivity index (χ1) is 17.5. The van der Waals surface area contributed by atoms with Gasteiger partial charge in [-0.25, -0.2) is 0 Å². The predicted molar refractivity (Wildman–Crippen MR) is 130 cm³/mol. The molecule has 9 heteroatoms. The molecular weight excluding hydrogens is 487 g/mol. The van der Waals surface area contributed by atoms with E-state index in [2.05, 4.69) is 0 Å². The summed E-state index contributed by atoms with van der Waals surface area (Å²) in [4.78, 5) is 13.7. The van der Waals surface area contributed by atoms with Gasteiger partial charge in [-0.1, -0.05) is 12.1 Å². The Morgan fingerprint density at radius 1 is 1.19 bits per heavy atom. The van der Waals surface area contributed by atoms with E-state index in [1.165, 1.54) is 13.2 Å². The molecule has 1 saturated heterocycles. The summed E-state index contributed by atoms with van der Waals surface area (Å²) in [6.45, 7) is 3.47. The lowest BCUT2D eigenvalue weighted by Crippen LogP contribution is -2.42. The molecule has 6 nitrogen and oxygen atoms in total. The van der Waals surface area contributed by atoms with Gasteiger partial charge in [-0.15, -0.1) is 0 Å². The van der Waals surface area contributed by atoms with Gasteiger partial charge in [0.05, 0.1) is 31.3 Å². The molecule has 2 heterocycles. The van der Waals surface area contributed by atoms with E-state index >= 15 is 0 Å². The number of alkyl halides is 3. The topological polar surface area (TPSA) is 68.2 Å². The summed E-state index contributed by atoms with van der Waals surface area (Å²) >= 11 is 0. The fourth-order valence-electron chi connectivity index (χ4n) is 5.67. The Kier molecular flexibility index (Phi) is 6.87. The Balaban J connectivity index is 1.36. The minimum Gasteiger partial charge on any atom is -0.492 e. The molecule has 0 unspecified atom stereocenters. The molecule has 0 spiro atoms. The molecule has 2 aromatic rings. The predicted octanol–water partition coefficient (Wildman–Crippen LogP) is 5.16. The number of carbonyl (C=O) groups is 1. The van der Waals surface area contributed by atoms with Gasteiger partial charge in [0.1, 0.15) is 17.6 Å². The maximum Gasteiger partial charge on any atom is 0.416 e. The normalized spacial score (nSPS) is 22.8. The maximum absolute atomic E-state index is 14.0. The van der Waals surface area contributed by atoms with Crippen molar-refractivity contribution in [3.8, 4) is 11.5 Å². The van der Waals surface area contributed by atoms with Crippen LogP contribution in [0.1, 0.15) is 72.4 Å². The van der Waals surface area contributed by atoms with Gasteiger partial charge in [0, 0.05) is 37.2 Å². The zero-order valence-electron chi connectivity index (χ0n) is 21.1. The molecule has 200 valence electrons. The first kappa shape index (κ1) is 25.9. The maximum atomic E-state index is 14.0. The van der Waals surface area contributed by atoms with Gasteiger partial charge in [-0.05, 0) is 61.4 Å². The van der Waals surface area contributed by atoms with Gasteiger partial charge < -0.3 is 19.3 Å². The highest BCUT2D eigenvalue weighted by Crippen LogP contribution is 2.44. The summed E-state index contributed by atoms with van der Waals surface area (Å²) < 4.78 is 58.7. The molecule has 2 atom stereocenters. The van der Waals surface area contributed by atoms with Crippen LogP contribution in [0.4, 0.5) is 13.2 Å². The van der Waals surface area contributed by atoms with E-state index in [0.717, 1.165) is 11.1 Å². The number of benzene rings is 2.